The molecule has 1 atom stereocenters. The number of hydrogen-bond acceptors (Lipinski definition) is 4. The molecule has 2 aromatic rings. The number of hydrogen-bond donors (Lipinski definition) is 1. The number of amides is 2. The van der Waals surface area contributed by atoms with E-state index in [1.54, 1.807) is 40.5 Å². The Balaban J connectivity index is 1.73. The first kappa shape index (κ1) is 18.8. The molecule has 0 radical (unpaired) electrons. The summed E-state index contributed by atoms with van der Waals surface area (Å²) < 4.78 is 0. The number of anilines is 1. The van der Waals surface area contributed by atoms with E-state index in [0.29, 0.717) is 28.9 Å². The summed E-state index contributed by atoms with van der Waals surface area (Å²) in [7, 11) is 0. The first-order chi connectivity index (χ1) is 12.5. The maximum atomic E-state index is 12.7. The fourth-order valence-corrected chi connectivity index (χ4v) is 4.09. The lowest BCUT2D eigenvalue weighted by molar-refractivity contribution is -0.130. The van der Waals surface area contributed by atoms with Crippen LogP contribution in [0.1, 0.15) is 18.2 Å². The van der Waals surface area contributed by atoms with Gasteiger partial charge in [-0.2, -0.15) is 0 Å². The van der Waals surface area contributed by atoms with Gasteiger partial charge in [-0.15, -0.1) is 11.3 Å². The van der Waals surface area contributed by atoms with Crippen LogP contribution in [0.15, 0.2) is 41.8 Å². The first-order valence-electron chi connectivity index (χ1n) is 8.19. The molecule has 8 heteroatoms. The zero-order valence-electron chi connectivity index (χ0n) is 14.1. The summed E-state index contributed by atoms with van der Waals surface area (Å²) >= 11 is 12.9. The van der Waals surface area contributed by atoms with Crippen LogP contribution in [-0.2, 0) is 16.1 Å². The van der Waals surface area contributed by atoms with Crippen molar-refractivity contribution in [2.45, 2.75) is 25.9 Å². The van der Waals surface area contributed by atoms with E-state index < -0.39 is 6.04 Å². The number of carbonyl (C=O) groups is 2. The molecule has 1 aliphatic rings. The lowest BCUT2D eigenvalue weighted by atomic mass is 10.1. The monoisotopic (exact) mass is 407 g/mol. The SMILES string of the molecule is CCN1C(=O)[C@H](CC(=O)Nc2ccc(Cl)cc2)N(Cc2cccs2)C1=S. The summed E-state index contributed by atoms with van der Waals surface area (Å²) in [6, 6.07) is 10.2. The van der Waals surface area contributed by atoms with Gasteiger partial charge in [-0.1, -0.05) is 17.7 Å². The van der Waals surface area contributed by atoms with Gasteiger partial charge in [0, 0.05) is 22.1 Å². The average molecular weight is 408 g/mol. The molecule has 0 bridgehead atoms. The van der Waals surface area contributed by atoms with Crippen LogP contribution in [0.4, 0.5) is 5.69 Å². The van der Waals surface area contributed by atoms with Gasteiger partial charge in [-0.05, 0) is 54.9 Å². The molecular formula is C18H18ClN3O2S2. The Hall–Kier alpha value is -1.96. The minimum Gasteiger partial charge on any atom is -0.331 e. The summed E-state index contributed by atoms with van der Waals surface area (Å²) in [5, 5.41) is 5.87. The number of likely N-dealkylation sites (N-methyl/N-ethyl adjacent to an activating group) is 1. The maximum Gasteiger partial charge on any atom is 0.252 e. The Morgan fingerprint density at radius 3 is 2.65 bits per heavy atom. The van der Waals surface area contributed by atoms with Crippen molar-refractivity contribution >= 4 is 57.8 Å². The molecule has 1 aromatic carbocycles. The van der Waals surface area contributed by atoms with Gasteiger partial charge in [0.1, 0.15) is 6.04 Å². The predicted molar refractivity (Wildman–Crippen MR) is 108 cm³/mol. The number of rotatable bonds is 6. The highest BCUT2D eigenvalue weighted by molar-refractivity contribution is 7.80. The molecular weight excluding hydrogens is 390 g/mol. The number of nitrogens with one attached hydrogen (secondary N) is 1. The van der Waals surface area contributed by atoms with Crippen molar-refractivity contribution in [2.75, 3.05) is 11.9 Å². The molecule has 0 spiro atoms. The Morgan fingerprint density at radius 2 is 2.04 bits per heavy atom. The zero-order chi connectivity index (χ0) is 18.7. The molecule has 0 aliphatic carbocycles. The number of carbonyl (C=O) groups excluding carboxylic acids is 2. The molecule has 1 saturated heterocycles. The third-order valence-electron chi connectivity index (χ3n) is 4.13. The van der Waals surface area contributed by atoms with Crippen molar-refractivity contribution in [3.05, 3.63) is 51.7 Å². The topological polar surface area (TPSA) is 52.7 Å². The van der Waals surface area contributed by atoms with Crippen molar-refractivity contribution in [1.29, 1.82) is 0 Å². The third-order valence-corrected chi connectivity index (χ3v) is 5.70. The van der Waals surface area contributed by atoms with Gasteiger partial charge >= 0.3 is 0 Å². The van der Waals surface area contributed by atoms with Gasteiger partial charge in [0.05, 0.1) is 13.0 Å². The zero-order valence-corrected chi connectivity index (χ0v) is 16.5. The maximum absolute atomic E-state index is 12.7. The fraction of sp³-hybridized carbons (Fsp3) is 0.278. The van der Waals surface area contributed by atoms with E-state index in [2.05, 4.69) is 5.32 Å². The molecule has 136 valence electrons. The second-order valence-electron chi connectivity index (χ2n) is 5.85. The van der Waals surface area contributed by atoms with Crippen LogP contribution in [-0.4, -0.2) is 39.3 Å². The van der Waals surface area contributed by atoms with Gasteiger partial charge < -0.3 is 10.2 Å². The molecule has 2 amide bonds. The quantitative estimate of drug-likeness (QED) is 0.741. The van der Waals surface area contributed by atoms with Crippen molar-refractivity contribution in [2.24, 2.45) is 0 Å². The molecule has 1 fully saturated rings. The standard InChI is InChI=1S/C18H18ClN3O2S2/c1-2-21-17(24)15(22(18(21)25)11-14-4-3-9-26-14)10-16(23)20-13-7-5-12(19)6-8-13/h3-9,15H,2,10-11H2,1H3,(H,20,23)/t15-/m0/s1. The van der Waals surface area contributed by atoms with Crippen molar-refractivity contribution in [1.82, 2.24) is 9.80 Å². The second kappa shape index (κ2) is 8.16. The van der Waals surface area contributed by atoms with Crippen LogP contribution in [0.3, 0.4) is 0 Å². The molecule has 0 saturated carbocycles. The van der Waals surface area contributed by atoms with Crippen LogP contribution in [0.25, 0.3) is 0 Å². The van der Waals surface area contributed by atoms with Crippen LogP contribution in [0, 0.1) is 0 Å². The number of thiocarbonyl (C=S) groups is 1. The Kier molecular flexibility index (Phi) is 5.90. The van der Waals surface area contributed by atoms with Crippen LogP contribution in [0.2, 0.25) is 5.02 Å². The van der Waals surface area contributed by atoms with Crippen molar-refractivity contribution in [3.63, 3.8) is 0 Å². The summed E-state index contributed by atoms with van der Waals surface area (Å²) in [6.07, 6.45) is 0.0451. The Bertz CT molecular complexity index is 808. The second-order valence-corrected chi connectivity index (χ2v) is 7.68. The van der Waals surface area contributed by atoms with E-state index in [1.165, 1.54) is 0 Å². The number of benzene rings is 1. The number of thiophene rings is 1. The molecule has 3 rings (SSSR count). The highest BCUT2D eigenvalue weighted by Crippen LogP contribution is 2.25. The van der Waals surface area contributed by atoms with Crippen LogP contribution >= 0.6 is 35.2 Å². The largest absolute Gasteiger partial charge is 0.331 e. The van der Waals surface area contributed by atoms with Gasteiger partial charge in [0.15, 0.2) is 5.11 Å². The predicted octanol–water partition coefficient (Wildman–Crippen LogP) is 3.75. The van der Waals surface area contributed by atoms with E-state index in [-0.39, 0.29) is 18.2 Å². The normalized spacial score (nSPS) is 17.1. The molecule has 26 heavy (non-hydrogen) atoms. The summed E-state index contributed by atoms with van der Waals surface area (Å²) in [6.45, 7) is 2.90. The van der Waals surface area contributed by atoms with Crippen LogP contribution < -0.4 is 5.32 Å². The molecule has 2 heterocycles. The van der Waals surface area contributed by atoms with Gasteiger partial charge in [0.2, 0.25) is 5.91 Å². The molecule has 1 aromatic heterocycles. The Morgan fingerprint density at radius 1 is 1.31 bits per heavy atom. The van der Waals surface area contributed by atoms with Crippen molar-refractivity contribution < 1.29 is 9.59 Å². The third kappa shape index (κ3) is 4.06. The van der Waals surface area contributed by atoms with Gasteiger partial charge in [-0.25, -0.2) is 0 Å². The minimum atomic E-state index is -0.586. The number of nitrogens with zero attached hydrogens (tertiary/aromatic N) is 2. The minimum absolute atomic E-state index is 0.0451. The van der Waals surface area contributed by atoms with E-state index in [4.69, 9.17) is 23.8 Å². The smallest absolute Gasteiger partial charge is 0.252 e. The lowest BCUT2D eigenvalue weighted by Gasteiger charge is -2.23. The molecule has 1 N–H and O–H groups in total. The van der Waals surface area contributed by atoms with Crippen LogP contribution in [0.5, 0.6) is 0 Å². The fourth-order valence-electron chi connectivity index (χ4n) is 2.85. The van der Waals surface area contributed by atoms with E-state index in [1.807, 2.05) is 29.3 Å². The summed E-state index contributed by atoms with van der Waals surface area (Å²) in [4.78, 5) is 29.7. The lowest BCUT2D eigenvalue weighted by Crippen LogP contribution is -2.37. The molecule has 5 nitrogen and oxygen atoms in total. The molecule has 0 unspecified atom stereocenters. The molecule has 1 aliphatic heterocycles. The Labute approximate surface area is 166 Å². The van der Waals surface area contributed by atoms with E-state index in [0.717, 1.165) is 4.88 Å². The number of halogens is 1. The first-order valence-corrected chi connectivity index (χ1v) is 9.86. The summed E-state index contributed by atoms with van der Waals surface area (Å²) in [5.74, 6) is -0.358. The average Bonchev–Trinajstić information content (AvgIpc) is 3.20. The van der Waals surface area contributed by atoms with Gasteiger partial charge in [0.25, 0.3) is 5.91 Å². The summed E-state index contributed by atoms with van der Waals surface area (Å²) in [5.41, 5.74) is 0.643. The van der Waals surface area contributed by atoms with E-state index in [9.17, 15) is 9.59 Å². The van der Waals surface area contributed by atoms with Gasteiger partial charge in [-0.3, -0.25) is 14.5 Å². The van der Waals surface area contributed by atoms with E-state index >= 15 is 0 Å². The highest BCUT2D eigenvalue weighted by Gasteiger charge is 2.42. The van der Waals surface area contributed by atoms with Crippen molar-refractivity contribution in [3.8, 4) is 0 Å². The highest BCUT2D eigenvalue weighted by atomic mass is 35.5.